The molecule has 1 atom stereocenters. The highest BCUT2D eigenvalue weighted by atomic mass is 32.2. The van der Waals surface area contributed by atoms with Gasteiger partial charge in [-0.25, -0.2) is 0 Å². The molecule has 0 aromatic carbocycles. The van der Waals surface area contributed by atoms with Crippen LogP contribution < -0.4 is 5.32 Å². The second kappa shape index (κ2) is 5.35. The molecule has 2 heterocycles. The molecule has 82 valence electrons. The molecule has 2 saturated heterocycles. The van der Waals surface area contributed by atoms with Crippen molar-refractivity contribution < 1.29 is 4.74 Å². The van der Waals surface area contributed by atoms with E-state index in [-0.39, 0.29) is 0 Å². The summed E-state index contributed by atoms with van der Waals surface area (Å²) in [5.41, 5.74) is 0. The molecule has 2 fully saturated rings. The number of hydrogen-bond acceptors (Lipinski definition) is 4. The van der Waals surface area contributed by atoms with Crippen LogP contribution in [0.5, 0.6) is 0 Å². The first kappa shape index (κ1) is 10.7. The molecular weight excluding hydrogens is 196 g/mol. The number of hydrogen-bond donors (Lipinski definition) is 1. The molecule has 1 unspecified atom stereocenters. The van der Waals surface area contributed by atoms with E-state index in [4.69, 9.17) is 4.74 Å². The van der Waals surface area contributed by atoms with E-state index in [1.165, 1.54) is 18.1 Å². The van der Waals surface area contributed by atoms with Crippen LogP contribution in [0.2, 0.25) is 0 Å². The van der Waals surface area contributed by atoms with Gasteiger partial charge < -0.3 is 10.1 Å². The summed E-state index contributed by atoms with van der Waals surface area (Å²) in [6, 6.07) is 1.39. The van der Waals surface area contributed by atoms with Crippen LogP contribution in [0.25, 0.3) is 0 Å². The Labute approximate surface area is 90.6 Å². The summed E-state index contributed by atoms with van der Waals surface area (Å²) in [6.07, 6.45) is 0. The minimum absolute atomic E-state index is 0.598. The van der Waals surface area contributed by atoms with Crippen molar-refractivity contribution in [2.75, 3.05) is 44.4 Å². The summed E-state index contributed by atoms with van der Waals surface area (Å²) in [5, 5.41) is 3.58. The van der Waals surface area contributed by atoms with E-state index in [1.807, 2.05) is 11.8 Å². The summed E-state index contributed by atoms with van der Waals surface area (Å²) in [4.78, 5) is 2.52. The smallest absolute Gasteiger partial charge is 0.0619 e. The Morgan fingerprint density at radius 2 is 2.36 bits per heavy atom. The predicted molar refractivity (Wildman–Crippen MR) is 61.0 cm³/mol. The van der Waals surface area contributed by atoms with Gasteiger partial charge in [0.2, 0.25) is 0 Å². The molecule has 0 radical (unpaired) electrons. The van der Waals surface area contributed by atoms with Crippen molar-refractivity contribution in [2.45, 2.75) is 19.0 Å². The van der Waals surface area contributed by atoms with Crippen LogP contribution in [0, 0.1) is 0 Å². The molecule has 2 rings (SSSR count). The van der Waals surface area contributed by atoms with Crippen LogP contribution in [-0.4, -0.2) is 61.3 Å². The van der Waals surface area contributed by atoms with Crippen molar-refractivity contribution in [2.24, 2.45) is 0 Å². The average molecular weight is 216 g/mol. The van der Waals surface area contributed by atoms with Gasteiger partial charge in [-0.15, -0.1) is 0 Å². The van der Waals surface area contributed by atoms with Crippen LogP contribution >= 0.6 is 11.8 Å². The quantitative estimate of drug-likeness (QED) is 0.736. The molecule has 0 amide bonds. The Morgan fingerprint density at radius 1 is 1.50 bits per heavy atom. The third kappa shape index (κ3) is 2.86. The van der Waals surface area contributed by atoms with Crippen LogP contribution in [0.15, 0.2) is 0 Å². The van der Waals surface area contributed by atoms with Crippen molar-refractivity contribution in [1.82, 2.24) is 10.2 Å². The molecule has 3 nitrogen and oxygen atoms in total. The van der Waals surface area contributed by atoms with Gasteiger partial charge in [-0.1, -0.05) is 0 Å². The maximum absolute atomic E-state index is 5.41. The van der Waals surface area contributed by atoms with Crippen molar-refractivity contribution in [3.05, 3.63) is 0 Å². The molecule has 2 aliphatic heterocycles. The molecule has 14 heavy (non-hydrogen) atoms. The molecule has 0 aromatic heterocycles. The van der Waals surface area contributed by atoms with Crippen molar-refractivity contribution in [1.29, 1.82) is 0 Å². The highest BCUT2D eigenvalue weighted by Gasteiger charge is 2.20. The van der Waals surface area contributed by atoms with Gasteiger partial charge in [-0.05, 0) is 6.92 Å². The fourth-order valence-electron chi connectivity index (χ4n) is 1.86. The zero-order valence-corrected chi connectivity index (χ0v) is 9.68. The first-order valence-electron chi connectivity index (χ1n) is 5.49. The monoisotopic (exact) mass is 216 g/mol. The summed E-state index contributed by atoms with van der Waals surface area (Å²) in [5.74, 6) is 2.61. The molecule has 4 heteroatoms. The molecule has 0 aliphatic carbocycles. The zero-order chi connectivity index (χ0) is 9.80. The highest BCUT2D eigenvalue weighted by Crippen LogP contribution is 2.16. The van der Waals surface area contributed by atoms with E-state index in [0.29, 0.717) is 6.04 Å². The van der Waals surface area contributed by atoms with Crippen molar-refractivity contribution in [3.8, 4) is 0 Å². The first-order chi connectivity index (χ1) is 6.86. The zero-order valence-electron chi connectivity index (χ0n) is 8.87. The number of nitrogens with zero attached hydrogens (tertiary/aromatic N) is 1. The average Bonchev–Trinajstić information content (AvgIpc) is 2.12. The van der Waals surface area contributed by atoms with Gasteiger partial charge in [0.25, 0.3) is 0 Å². The SMILES string of the molecule is CC1COCCN1CCNC1CSC1. The maximum Gasteiger partial charge on any atom is 0.0619 e. The molecule has 0 saturated carbocycles. The van der Waals surface area contributed by atoms with E-state index in [1.54, 1.807) is 0 Å². The van der Waals surface area contributed by atoms with Gasteiger partial charge >= 0.3 is 0 Å². The fourth-order valence-corrected chi connectivity index (χ4v) is 2.57. The number of nitrogens with one attached hydrogen (secondary N) is 1. The second-order valence-corrected chi connectivity index (χ2v) is 5.22. The standard InChI is InChI=1S/C10H20N2OS/c1-9-6-13-5-4-12(9)3-2-11-10-7-14-8-10/h9-11H,2-8H2,1H3. The first-order valence-corrected chi connectivity index (χ1v) is 6.64. The lowest BCUT2D eigenvalue weighted by Gasteiger charge is -2.34. The van der Waals surface area contributed by atoms with Crippen molar-refractivity contribution in [3.63, 3.8) is 0 Å². The van der Waals surface area contributed by atoms with Gasteiger partial charge in [-0.3, -0.25) is 4.90 Å². The summed E-state index contributed by atoms with van der Waals surface area (Å²) in [6.45, 7) is 7.46. The van der Waals surface area contributed by atoms with Crippen LogP contribution in [0.4, 0.5) is 0 Å². The minimum Gasteiger partial charge on any atom is -0.379 e. The van der Waals surface area contributed by atoms with Crippen LogP contribution in [0.1, 0.15) is 6.92 Å². The number of ether oxygens (including phenoxy) is 1. The van der Waals surface area contributed by atoms with Crippen LogP contribution in [-0.2, 0) is 4.74 Å². The Hall–Kier alpha value is 0.230. The predicted octanol–water partition coefficient (Wildman–Crippen LogP) is 0.412. The number of morpholine rings is 1. The van der Waals surface area contributed by atoms with Gasteiger partial charge in [0.15, 0.2) is 0 Å². The third-order valence-corrected chi connectivity index (χ3v) is 4.25. The van der Waals surface area contributed by atoms with E-state index in [2.05, 4.69) is 17.1 Å². The van der Waals surface area contributed by atoms with Gasteiger partial charge in [0.1, 0.15) is 0 Å². The molecule has 0 aromatic rings. The maximum atomic E-state index is 5.41. The number of thioether (sulfide) groups is 1. The normalized spacial score (nSPS) is 30.2. The molecule has 1 N–H and O–H groups in total. The molecular formula is C10H20N2OS. The second-order valence-electron chi connectivity index (χ2n) is 4.15. The van der Waals surface area contributed by atoms with Gasteiger partial charge in [0.05, 0.1) is 13.2 Å². The number of rotatable bonds is 4. The van der Waals surface area contributed by atoms with Crippen molar-refractivity contribution >= 4 is 11.8 Å². The summed E-state index contributed by atoms with van der Waals surface area (Å²) < 4.78 is 5.41. The Balaban J connectivity index is 1.58. The largest absolute Gasteiger partial charge is 0.379 e. The van der Waals surface area contributed by atoms with E-state index >= 15 is 0 Å². The Morgan fingerprint density at radius 3 is 3.00 bits per heavy atom. The van der Waals surface area contributed by atoms with Crippen LogP contribution in [0.3, 0.4) is 0 Å². The molecule has 2 aliphatic rings. The third-order valence-electron chi connectivity index (χ3n) is 2.98. The lowest BCUT2D eigenvalue weighted by atomic mass is 10.2. The van der Waals surface area contributed by atoms with Gasteiger partial charge in [-0.2, -0.15) is 11.8 Å². The Bertz CT molecular complexity index is 176. The van der Waals surface area contributed by atoms with E-state index in [0.717, 1.165) is 32.3 Å². The van der Waals surface area contributed by atoms with Gasteiger partial charge in [0, 0.05) is 43.2 Å². The minimum atomic E-state index is 0.598. The molecule has 0 spiro atoms. The lowest BCUT2D eigenvalue weighted by molar-refractivity contribution is 0.000262. The van der Waals surface area contributed by atoms with E-state index < -0.39 is 0 Å². The summed E-state index contributed by atoms with van der Waals surface area (Å²) >= 11 is 2.04. The molecule has 0 bridgehead atoms. The lowest BCUT2D eigenvalue weighted by Crippen LogP contribution is -2.49. The topological polar surface area (TPSA) is 24.5 Å². The summed E-state index contributed by atoms with van der Waals surface area (Å²) in [7, 11) is 0. The fraction of sp³-hybridized carbons (Fsp3) is 1.00. The Kier molecular flexibility index (Phi) is 4.10. The highest BCUT2D eigenvalue weighted by molar-refractivity contribution is 8.00. The van der Waals surface area contributed by atoms with E-state index in [9.17, 15) is 0 Å².